The first-order chi connectivity index (χ1) is 14.7. The largest absolute Gasteiger partial charge is 0.283 e. The van der Waals surface area contributed by atoms with Crippen molar-refractivity contribution in [2.24, 2.45) is 0 Å². The molecule has 0 aliphatic carbocycles. The number of rotatable bonds is 9. The van der Waals surface area contributed by atoms with Gasteiger partial charge in [-0.15, -0.1) is 5.10 Å². The zero-order chi connectivity index (χ0) is 20.9. The molecule has 3 heterocycles. The molecule has 0 bridgehead atoms. The fourth-order valence-electron chi connectivity index (χ4n) is 3.45. The van der Waals surface area contributed by atoms with Crippen LogP contribution in [0.25, 0.3) is 17.2 Å². The van der Waals surface area contributed by atoms with Gasteiger partial charge in [0.15, 0.2) is 17.6 Å². The summed E-state index contributed by atoms with van der Waals surface area (Å²) in [5.74, 6) is 1.96. The molecule has 30 heavy (non-hydrogen) atoms. The third-order valence-corrected chi connectivity index (χ3v) is 4.97. The maximum Gasteiger partial charge on any atom is 0.198 e. The van der Waals surface area contributed by atoms with E-state index >= 15 is 0 Å². The minimum Gasteiger partial charge on any atom is -0.283 e. The highest BCUT2D eigenvalue weighted by Crippen LogP contribution is 2.23. The van der Waals surface area contributed by atoms with Crippen LogP contribution in [0.3, 0.4) is 0 Å². The highest BCUT2D eigenvalue weighted by molar-refractivity contribution is 5.55. The Balaban J connectivity index is 1.58. The Hall–Kier alpha value is -3.36. The number of tetrazole rings is 1. The highest BCUT2D eigenvalue weighted by atomic mass is 19.1. The summed E-state index contributed by atoms with van der Waals surface area (Å²) < 4.78 is 17.9. The van der Waals surface area contributed by atoms with E-state index in [0.717, 1.165) is 49.3 Å². The van der Waals surface area contributed by atoms with Crippen LogP contribution in [0.4, 0.5) is 4.39 Å². The minimum atomic E-state index is -0.378. The molecule has 1 N–H and O–H groups in total. The summed E-state index contributed by atoms with van der Waals surface area (Å²) in [6, 6.07) is 10.8. The first kappa shape index (κ1) is 19.9. The Morgan fingerprint density at radius 3 is 2.53 bits per heavy atom. The number of unbranched alkanes of at least 4 members (excludes halogenated alkanes) is 1. The van der Waals surface area contributed by atoms with Crippen LogP contribution in [-0.2, 0) is 19.4 Å². The van der Waals surface area contributed by atoms with Crippen LogP contribution in [-0.4, -0.2) is 40.0 Å². The zero-order valence-corrected chi connectivity index (χ0v) is 17.2. The zero-order valence-electron chi connectivity index (χ0n) is 17.2. The number of aromatic nitrogens is 8. The van der Waals surface area contributed by atoms with Gasteiger partial charge in [0, 0.05) is 18.5 Å². The lowest BCUT2D eigenvalue weighted by Gasteiger charge is -2.10. The molecule has 156 valence electrons. The second-order valence-corrected chi connectivity index (χ2v) is 7.25. The predicted molar refractivity (Wildman–Crippen MR) is 111 cm³/mol. The summed E-state index contributed by atoms with van der Waals surface area (Å²) >= 11 is 0. The minimum absolute atomic E-state index is 0.378. The molecule has 0 unspecified atom stereocenters. The number of nitrogens with zero attached hydrogens (tertiary/aromatic N) is 7. The van der Waals surface area contributed by atoms with E-state index in [0.29, 0.717) is 23.8 Å². The number of halogens is 1. The molecule has 3 aromatic heterocycles. The van der Waals surface area contributed by atoms with Crippen molar-refractivity contribution in [3.8, 4) is 17.2 Å². The van der Waals surface area contributed by atoms with Crippen LogP contribution in [0.15, 0.2) is 36.4 Å². The molecule has 0 aliphatic rings. The first-order valence-corrected chi connectivity index (χ1v) is 10.3. The highest BCUT2D eigenvalue weighted by Gasteiger charge is 2.15. The summed E-state index contributed by atoms with van der Waals surface area (Å²) in [5, 5.41) is 18.4. The van der Waals surface area contributed by atoms with E-state index in [2.05, 4.69) is 34.5 Å². The third kappa shape index (κ3) is 4.14. The van der Waals surface area contributed by atoms with Crippen molar-refractivity contribution in [3.05, 3.63) is 59.6 Å². The Bertz CT molecular complexity index is 1080. The van der Waals surface area contributed by atoms with Crippen molar-refractivity contribution in [3.63, 3.8) is 0 Å². The second-order valence-electron chi connectivity index (χ2n) is 7.25. The van der Waals surface area contributed by atoms with Gasteiger partial charge in [0.05, 0.1) is 12.2 Å². The predicted octanol–water partition coefficient (Wildman–Crippen LogP) is 3.73. The standard InChI is InChI=1S/C21H25FN8/c1-3-5-7-20-23-19(6-4-2)26-29(20)14-15-8-10-16(11-9-15)30-17(12-13-18(30)22)21-24-27-28-25-21/h8-13H,3-7,14H2,1-2H3,(H,24,25,27,28). The summed E-state index contributed by atoms with van der Waals surface area (Å²) in [4.78, 5) is 4.72. The van der Waals surface area contributed by atoms with Gasteiger partial charge in [-0.3, -0.25) is 4.57 Å². The van der Waals surface area contributed by atoms with Crippen molar-refractivity contribution in [2.45, 2.75) is 52.5 Å². The Kier molecular flexibility index (Phi) is 5.97. The van der Waals surface area contributed by atoms with Gasteiger partial charge >= 0.3 is 0 Å². The quantitative estimate of drug-likeness (QED) is 0.456. The molecule has 0 spiro atoms. The molecule has 1 aromatic carbocycles. The molecule has 0 amide bonds. The van der Waals surface area contributed by atoms with E-state index in [1.54, 1.807) is 6.07 Å². The van der Waals surface area contributed by atoms with Gasteiger partial charge in [-0.25, -0.2) is 14.8 Å². The van der Waals surface area contributed by atoms with Gasteiger partial charge in [0.1, 0.15) is 5.82 Å². The van der Waals surface area contributed by atoms with Gasteiger partial charge in [-0.2, -0.15) is 9.49 Å². The lowest BCUT2D eigenvalue weighted by molar-refractivity contribution is 0.561. The van der Waals surface area contributed by atoms with Crippen molar-refractivity contribution >= 4 is 0 Å². The Morgan fingerprint density at radius 2 is 1.83 bits per heavy atom. The maximum absolute atomic E-state index is 14.4. The van der Waals surface area contributed by atoms with E-state index in [1.165, 1.54) is 10.6 Å². The van der Waals surface area contributed by atoms with Crippen LogP contribution >= 0.6 is 0 Å². The lowest BCUT2D eigenvalue weighted by atomic mass is 10.2. The average Bonchev–Trinajstić information content (AvgIpc) is 3.48. The first-order valence-electron chi connectivity index (χ1n) is 10.3. The fourth-order valence-corrected chi connectivity index (χ4v) is 3.45. The monoisotopic (exact) mass is 408 g/mol. The van der Waals surface area contributed by atoms with Gasteiger partial charge in [0.25, 0.3) is 0 Å². The molecule has 0 saturated carbocycles. The third-order valence-electron chi connectivity index (χ3n) is 4.97. The summed E-state index contributed by atoms with van der Waals surface area (Å²) in [6.45, 7) is 4.95. The van der Waals surface area contributed by atoms with Crippen LogP contribution < -0.4 is 0 Å². The number of H-pyrrole nitrogens is 1. The molecule has 9 heteroatoms. The van der Waals surface area contributed by atoms with Gasteiger partial charge in [-0.05, 0) is 53.1 Å². The van der Waals surface area contributed by atoms with Gasteiger partial charge in [0.2, 0.25) is 0 Å². The van der Waals surface area contributed by atoms with Crippen molar-refractivity contribution in [2.75, 3.05) is 0 Å². The summed E-state index contributed by atoms with van der Waals surface area (Å²) in [7, 11) is 0. The van der Waals surface area contributed by atoms with E-state index in [-0.39, 0.29) is 5.95 Å². The molecule has 4 rings (SSSR count). The van der Waals surface area contributed by atoms with Crippen molar-refractivity contribution in [1.29, 1.82) is 0 Å². The molecular weight excluding hydrogens is 383 g/mol. The number of hydrogen-bond donors (Lipinski definition) is 1. The molecule has 4 aromatic rings. The van der Waals surface area contributed by atoms with Crippen LogP contribution in [0.5, 0.6) is 0 Å². The van der Waals surface area contributed by atoms with Gasteiger partial charge in [-0.1, -0.05) is 32.4 Å². The molecule has 0 saturated heterocycles. The molecule has 0 aliphatic heterocycles. The molecular formula is C21H25FN8. The molecule has 0 fully saturated rings. The van der Waals surface area contributed by atoms with E-state index in [1.807, 2.05) is 28.9 Å². The lowest BCUT2D eigenvalue weighted by Crippen LogP contribution is -2.08. The smallest absolute Gasteiger partial charge is 0.198 e. The number of hydrogen-bond acceptors (Lipinski definition) is 5. The average molecular weight is 408 g/mol. The van der Waals surface area contributed by atoms with Crippen LogP contribution in [0.2, 0.25) is 0 Å². The SMILES string of the molecule is CCCCc1nc(CCC)nn1Cc1ccc(-n2c(F)ccc2-c2nnn[nH]2)cc1. The van der Waals surface area contributed by atoms with Crippen LogP contribution in [0, 0.1) is 5.95 Å². The Morgan fingerprint density at radius 1 is 1.00 bits per heavy atom. The summed E-state index contributed by atoms with van der Waals surface area (Å²) in [6.07, 6.45) is 5.05. The second kappa shape index (κ2) is 8.98. The maximum atomic E-state index is 14.4. The molecule has 0 atom stereocenters. The Labute approximate surface area is 174 Å². The number of aryl methyl sites for hydroxylation is 2. The topological polar surface area (TPSA) is 90.1 Å². The van der Waals surface area contributed by atoms with Crippen LogP contribution in [0.1, 0.15) is 50.3 Å². The summed E-state index contributed by atoms with van der Waals surface area (Å²) in [5.41, 5.74) is 2.34. The van der Waals surface area contributed by atoms with Crippen molar-refractivity contribution in [1.82, 2.24) is 40.0 Å². The number of benzene rings is 1. The fraction of sp³-hybridized carbons (Fsp3) is 0.381. The number of nitrogens with one attached hydrogen (secondary N) is 1. The normalized spacial score (nSPS) is 11.3. The van der Waals surface area contributed by atoms with Crippen molar-refractivity contribution < 1.29 is 4.39 Å². The van der Waals surface area contributed by atoms with Gasteiger partial charge < -0.3 is 0 Å². The van der Waals surface area contributed by atoms with E-state index in [9.17, 15) is 4.39 Å². The van der Waals surface area contributed by atoms with E-state index < -0.39 is 0 Å². The van der Waals surface area contributed by atoms with E-state index in [4.69, 9.17) is 10.1 Å². The number of aromatic amines is 1. The molecule has 0 radical (unpaired) electrons. The molecule has 8 nitrogen and oxygen atoms in total.